The van der Waals surface area contributed by atoms with Crippen molar-refractivity contribution in [2.24, 2.45) is 0 Å². The van der Waals surface area contributed by atoms with Crippen LogP contribution in [0.1, 0.15) is 12.5 Å². The van der Waals surface area contributed by atoms with Crippen LogP contribution in [0.15, 0.2) is 36.7 Å². The van der Waals surface area contributed by atoms with Gasteiger partial charge in [0.15, 0.2) is 0 Å². The van der Waals surface area contributed by atoms with Crippen LogP contribution in [0.5, 0.6) is 0 Å². The zero-order valence-corrected chi connectivity index (χ0v) is 13.9. The molecule has 0 unspecified atom stereocenters. The van der Waals surface area contributed by atoms with Crippen molar-refractivity contribution >= 4 is 23.2 Å². The van der Waals surface area contributed by atoms with Gasteiger partial charge in [0.2, 0.25) is 11.9 Å². The first-order valence-corrected chi connectivity index (χ1v) is 8.40. The molecule has 0 atom stereocenters. The quantitative estimate of drug-likeness (QED) is 0.842. The molecule has 1 saturated heterocycles. The van der Waals surface area contributed by atoms with E-state index in [0.717, 1.165) is 50.8 Å². The van der Waals surface area contributed by atoms with Gasteiger partial charge in [-0.2, -0.15) is 0 Å². The fourth-order valence-electron chi connectivity index (χ4n) is 3.53. The summed E-state index contributed by atoms with van der Waals surface area (Å²) < 4.78 is 0. The lowest BCUT2D eigenvalue weighted by Crippen LogP contribution is -2.47. The molecule has 1 aromatic carbocycles. The van der Waals surface area contributed by atoms with Crippen molar-refractivity contribution in [2.45, 2.75) is 13.3 Å². The van der Waals surface area contributed by atoms with Crippen molar-refractivity contribution in [3.05, 3.63) is 42.2 Å². The molecule has 24 heavy (non-hydrogen) atoms. The first-order valence-electron chi connectivity index (χ1n) is 8.40. The Morgan fingerprint density at radius 1 is 1.00 bits per heavy atom. The maximum absolute atomic E-state index is 11.7. The van der Waals surface area contributed by atoms with E-state index in [2.05, 4.69) is 38.0 Å². The molecule has 0 bridgehead atoms. The van der Waals surface area contributed by atoms with Crippen LogP contribution in [0, 0.1) is 0 Å². The van der Waals surface area contributed by atoms with Gasteiger partial charge in [0.05, 0.1) is 0 Å². The van der Waals surface area contributed by atoms with Gasteiger partial charge in [-0.25, -0.2) is 9.97 Å². The standard InChI is InChI=1S/C18H21N5O/c1-14(24)23-8-5-15-13-16(3-4-17(15)23)21-9-11-22(12-10-21)18-19-6-2-7-20-18/h2-4,6-7,13H,5,8-12H2,1H3. The number of benzene rings is 1. The Morgan fingerprint density at radius 2 is 1.71 bits per heavy atom. The number of carbonyl (C=O) groups is 1. The summed E-state index contributed by atoms with van der Waals surface area (Å²) >= 11 is 0. The maximum Gasteiger partial charge on any atom is 0.225 e. The lowest BCUT2D eigenvalue weighted by Gasteiger charge is -2.36. The highest BCUT2D eigenvalue weighted by molar-refractivity contribution is 5.94. The lowest BCUT2D eigenvalue weighted by atomic mass is 10.1. The van der Waals surface area contributed by atoms with Crippen LogP contribution in [0.25, 0.3) is 0 Å². The lowest BCUT2D eigenvalue weighted by molar-refractivity contribution is -0.116. The van der Waals surface area contributed by atoms with Gasteiger partial charge in [0.1, 0.15) is 0 Å². The molecular weight excluding hydrogens is 302 g/mol. The Kier molecular flexibility index (Phi) is 3.80. The zero-order chi connectivity index (χ0) is 16.5. The van der Waals surface area contributed by atoms with Crippen molar-refractivity contribution in [2.75, 3.05) is 47.4 Å². The van der Waals surface area contributed by atoms with E-state index in [1.807, 2.05) is 11.0 Å². The summed E-state index contributed by atoms with van der Waals surface area (Å²) in [4.78, 5) is 26.8. The van der Waals surface area contributed by atoms with E-state index < -0.39 is 0 Å². The maximum atomic E-state index is 11.7. The summed E-state index contributed by atoms with van der Waals surface area (Å²) in [6.45, 7) is 6.17. The molecule has 4 rings (SSSR count). The molecule has 2 aromatic rings. The van der Waals surface area contributed by atoms with Crippen molar-refractivity contribution in [1.82, 2.24) is 9.97 Å². The van der Waals surface area contributed by atoms with Crippen LogP contribution in [-0.4, -0.2) is 48.6 Å². The fourth-order valence-corrected chi connectivity index (χ4v) is 3.53. The Hall–Kier alpha value is -2.63. The summed E-state index contributed by atoms with van der Waals surface area (Å²) in [6.07, 6.45) is 4.52. The number of hydrogen-bond acceptors (Lipinski definition) is 5. The van der Waals surface area contributed by atoms with Gasteiger partial charge in [-0.3, -0.25) is 4.79 Å². The van der Waals surface area contributed by atoms with Crippen LogP contribution in [-0.2, 0) is 11.2 Å². The predicted octanol–water partition coefficient (Wildman–Crippen LogP) is 1.71. The molecule has 1 fully saturated rings. The zero-order valence-electron chi connectivity index (χ0n) is 13.9. The number of aromatic nitrogens is 2. The highest BCUT2D eigenvalue weighted by atomic mass is 16.2. The number of anilines is 3. The Bertz CT molecular complexity index is 740. The number of fused-ring (bicyclic) bond motifs is 1. The van der Waals surface area contributed by atoms with E-state index in [0.29, 0.717) is 0 Å². The van der Waals surface area contributed by atoms with Crippen LogP contribution in [0.4, 0.5) is 17.3 Å². The molecule has 2 aliphatic heterocycles. The molecule has 0 saturated carbocycles. The van der Waals surface area contributed by atoms with Crippen LogP contribution in [0.2, 0.25) is 0 Å². The number of rotatable bonds is 2. The second kappa shape index (κ2) is 6.11. The topological polar surface area (TPSA) is 52.6 Å². The van der Waals surface area contributed by atoms with Gasteiger partial charge in [-0.15, -0.1) is 0 Å². The van der Waals surface area contributed by atoms with Gasteiger partial charge in [-0.05, 0) is 36.2 Å². The minimum Gasteiger partial charge on any atom is -0.368 e. The van der Waals surface area contributed by atoms with Crippen molar-refractivity contribution in [3.8, 4) is 0 Å². The highest BCUT2D eigenvalue weighted by Gasteiger charge is 2.24. The molecule has 1 aromatic heterocycles. The van der Waals surface area contributed by atoms with Crippen molar-refractivity contribution < 1.29 is 4.79 Å². The van der Waals surface area contributed by atoms with Crippen LogP contribution in [0.3, 0.4) is 0 Å². The third-order valence-electron chi connectivity index (χ3n) is 4.82. The average Bonchev–Trinajstić information content (AvgIpc) is 3.06. The summed E-state index contributed by atoms with van der Waals surface area (Å²) in [5.41, 5.74) is 3.59. The molecule has 0 spiro atoms. The molecule has 6 heteroatoms. The number of carbonyl (C=O) groups excluding carboxylic acids is 1. The summed E-state index contributed by atoms with van der Waals surface area (Å²) in [6, 6.07) is 8.31. The third kappa shape index (κ3) is 2.68. The Balaban J connectivity index is 1.46. The summed E-state index contributed by atoms with van der Waals surface area (Å²) in [5, 5.41) is 0. The van der Waals surface area contributed by atoms with Crippen LogP contribution < -0.4 is 14.7 Å². The number of amides is 1. The molecule has 2 aliphatic rings. The molecule has 124 valence electrons. The normalized spacial score (nSPS) is 17.1. The first-order chi connectivity index (χ1) is 11.7. The summed E-state index contributed by atoms with van der Waals surface area (Å²) in [5.74, 6) is 0.932. The monoisotopic (exact) mass is 323 g/mol. The van der Waals surface area contributed by atoms with Gasteiger partial charge in [0.25, 0.3) is 0 Å². The largest absolute Gasteiger partial charge is 0.368 e. The smallest absolute Gasteiger partial charge is 0.225 e. The molecule has 0 N–H and O–H groups in total. The van der Waals surface area contributed by atoms with E-state index in [4.69, 9.17) is 0 Å². The molecule has 6 nitrogen and oxygen atoms in total. The predicted molar refractivity (Wildman–Crippen MR) is 94.6 cm³/mol. The molecule has 0 radical (unpaired) electrons. The minimum absolute atomic E-state index is 0.123. The Morgan fingerprint density at radius 3 is 2.42 bits per heavy atom. The fraction of sp³-hybridized carbons (Fsp3) is 0.389. The van der Waals surface area contributed by atoms with E-state index in [9.17, 15) is 4.79 Å². The van der Waals surface area contributed by atoms with Gasteiger partial charge < -0.3 is 14.7 Å². The summed E-state index contributed by atoms with van der Waals surface area (Å²) in [7, 11) is 0. The number of nitrogens with zero attached hydrogens (tertiary/aromatic N) is 5. The molecular formula is C18H21N5O. The first kappa shape index (κ1) is 14.9. The van der Waals surface area contributed by atoms with E-state index in [1.165, 1.54) is 11.3 Å². The SMILES string of the molecule is CC(=O)N1CCc2cc(N3CCN(c4ncccn4)CC3)ccc21. The van der Waals surface area contributed by atoms with Gasteiger partial charge >= 0.3 is 0 Å². The molecule has 3 heterocycles. The number of hydrogen-bond donors (Lipinski definition) is 0. The van der Waals surface area contributed by atoms with E-state index >= 15 is 0 Å². The van der Waals surface area contributed by atoms with Gasteiger partial charge in [-0.1, -0.05) is 0 Å². The second-order valence-corrected chi connectivity index (χ2v) is 6.26. The molecule has 1 amide bonds. The highest BCUT2D eigenvalue weighted by Crippen LogP contribution is 2.32. The Labute approximate surface area is 141 Å². The third-order valence-corrected chi connectivity index (χ3v) is 4.82. The van der Waals surface area contributed by atoms with Crippen LogP contribution >= 0.6 is 0 Å². The number of piperazine rings is 1. The van der Waals surface area contributed by atoms with Gasteiger partial charge in [0, 0.05) is 63.4 Å². The average molecular weight is 323 g/mol. The van der Waals surface area contributed by atoms with E-state index in [1.54, 1.807) is 19.3 Å². The second-order valence-electron chi connectivity index (χ2n) is 6.26. The van der Waals surface area contributed by atoms with Crippen molar-refractivity contribution in [1.29, 1.82) is 0 Å². The van der Waals surface area contributed by atoms with E-state index in [-0.39, 0.29) is 5.91 Å². The minimum atomic E-state index is 0.123. The van der Waals surface area contributed by atoms with Crippen molar-refractivity contribution in [3.63, 3.8) is 0 Å². The molecule has 0 aliphatic carbocycles.